The molecule has 112 valence electrons. The van der Waals surface area contributed by atoms with Crippen molar-refractivity contribution in [3.63, 3.8) is 0 Å². The number of pyridine rings is 1. The Balaban J connectivity index is 1.94. The van der Waals surface area contributed by atoms with Gasteiger partial charge in [-0.2, -0.15) is 0 Å². The van der Waals surface area contributed by atoms with Crippen molar-refractivity contribution in [2.45, 2.75) is 13.3 Å². The molecule has 0 aliphatic heterocycles. The number of benzene rings is 2. The monoisotopic (exact) mass is 303 g/mol. The van der Waals surface area contributed by atoms with Gasteiger partial charge in [0.1, 0.15) is 5.75 Å². The minimum atomic E-state index is -4.68. The number of aryl methyl sites for hydroxylation is 1. The molecule has 0 amide bonds. The van der Waals surface area contributed by atoms with Gasteiger partial charge in [-0.3, -0.25) is 4.98 Å². The molecular formula is C17H12F3NO. The van der Waals surface area contributed by atoms with Crippen LogP contribution in [0.4, 0.5) is 13.2 Å². The molecular weight excluding hydrogens is 291 g/mol. The van der Waals surface area contributed by atoms with E-state index in [1.807, 2.05) is 31.2 Å². The molecule has 1 aromatic heterocycles. The number of ether oxygens (including phenoxy) is 1. The topological polar surface area (TPSA) is 22.1 Å². The normalized spacial score (nSPS) is 11.6. The SMILES string of the molecule is Cc1cccc2cc(-c3ccc(OC(F)(F)F)cc3)cnc12. The van der Waals surface area contributed by atoms with E-state index in [9.17, 15) is 13.2 Å². The van der Waals surface area contributed by atoms with Crippen LogP contribution in [0.1, 0.15) is 5.56 Å². The fourth-order valence-electron chi connectivity index (χ4n) is 2.32. The van der Waals surface area contributed by atoms with Crippen molar-refractivity contribution in [1.82, 2.24) is 4.98 Å². The van der Waals surface area contributed by atoms with E-state index in [1.165, 1.54) is 12.1 Å². The summed E-state index contributed by atoms with van der Waals surface area (Å²) in [7, 11) is 0. The van der Waals surface area contributed by atoms with E-state index in [0.717, 1.165) is 27.6 Å². The van der Waals surface area contributed by atoms with Crippen molar-refractivity contribution in [3.05, 3.63) is 60.3 Å². The lowest BCUT2D eigenvalue weighted by Crippen LogP contribution is -2.16. The first-order valence-corrected chi connectivity index (χ1v) is 6.64. The molecule has 5 heteroatoms. The Morgan fingerprint density at radius 1 is 0.955 bits per heavy atom. The molecule has 2 nitrogen and oxygen atoms in total. The smallest absolute Gasteiger partial charge is 0.406 e. The van der Waals surface area contributed by atoms with Crippen LogP contribution in [0.15, 0.2) is 54.7 Å². The Morgan fingerprint density at radius 3 is 2.36 bits per heavy atom. The van der Waals surface area contributed by atoms with Crippen LogP contribution in [-0.4, -0.2) is 11.3 Å². The van der Waals surface area contributed by atoms with Gasteiger partial charge in [0.25, 0.3) is 0 Å². The van der Waals surface area contributed by atoms with Gasteiger partial charge in [-0.05, 0) is 36.2 Å². The van der Waals surface area contributed by atoms with Crippen molar-refractivity contribution in [2.24, 2.45) is 0 Å². The molecule has 0 spiro atoms. The standard InChI is InChI=1S/C17H12F3NO/c1-11-3-2-4-13-9-14(10-21-16(11)13)12-5-7-15(8-6-12)22-17(18,19)20/h2-10H,1H3. The van der Waals surface area contributed by atoms with Crippen molar-refractivity contribution >= 4 is 10.9 Å². The average Bonchev–Trinajstić information content (AvgIpc) is 2.46. The van der Waals surface area contributed by atoms with Gasteiger partial charge in [0, 0.05) is 17.1 Å². The molecule has 1 heterocycles. The maximum absolute atomic E-state index is 12.1. The molecule has 0 aliphatic carbocycles. The second-order valence-electron chi connectivity index (χ2n) is 4.94. The van der Waals surface area contributed by atoms with E-state index in [-0.39, 0.29) is 5.75 Å². The summed E-state index contributed by atoms with van der Waals surface area (Å²) in [6.07, 6.45) is -2.96. The van der Waals surface area contributed by atoms with Gasteiger partial charge >= 0.3 is 6.36 Å². The van der Waals surface area contributed by atoms with Crippen molar-refractivity contribution in [2.75, 3.05) is 0 Å². The molecule has 0 N–H and O–H groups in total. The minimum absolute atomic E-state index is 0.235. The molecule has 0 fully saturated rings. The summed E-state index contributed by atoms with van der Waals surface area (Å²) in [6, 6.07) is 13.6. The molecule has 0 saturated heterocycles. The van der Waals surface area contributed by atoms with Gasteiger partial charge in [0.05, 0.1) is 5.52 Å². The minimum Gasteiger partial charge on any atom is -0.406 e. The number of nitrogens with zero attached hydrogens (tertiary/aromatic N) is 1. The van der Waals surface area contributed by atoms with Crippen molar-refractivity contribution in [1.29, 1.82) is 0 Å². The molecule has 0 radical (unpaired) electrons. The third-order valence-electron chi connectivity index (χ3n) is 3.33. The molecule has 2 aromatic carbocycles. The average molecular weight is 303 g/mol. The number of aromatic nitrogens is 1. The second kappa shape index (κ2) is 5.33. The number of alkyl halides is 3. The highest BCUT2D eigenvalue weighted by Crippen LogP contribution is 2.28. The first-order chi connectivity index (χ1) is 10.4. The number of hydrogen-bond donors (Lipinski definition) is 0. The van der Waals surface area contributed by atoms with Crippen LogP contribution in [0.3, 0.4) is 0 Å². The van der Waals surface area contributed by atoms with Crippen LogP contribution in [0.5, 0.6) is 5.75 Å². The molecule has 0 aliphatic rings. The molecule has 0 atom stereocenters. The summed E-state index contributed by atoms with van der Waals surface area (Å²) in [5.41, 5.74) is 3.63. The lowest BCUT2D eigenvalue weighted by Gasteiger charge is -2.09. The number of halogens is 3. The van der Waals surface area contributed by atoms with Crippen LogP contribution >= 0.6 is 0 Å². The molecule has 3 rings (SSSR count). The highest BCUT2D eigenvalue weighted by atomic mass is 19.4. The zero-order valence-corrected chi connectivity index (χ0v) is 11.7. The van der Waals surface area contributed by atoms with Crippen LogP contribution in [-0.2, 0) is 0 Å². The summed E-state index contributed by atoms with van der Waals surface area (Å²) in [6.45, 7) is 1.98. The van der Waals surface area contributed by atoms with Gasteiger partial charge in [0.15, 0.2) is 0 Å². The van der Waals surface area contributed by atoms with Crippen LogP contribution < -0.4 is 4.74 Å². The Labute approximate surface area is 125 Å². The van der Waals surface area contributed by atoms with Gasteiger partial charge in [0.2, 0.25) is 0 Å². The lowest BCUT2D eigenvalue weighted by molar-refractivity contribution is -0.274. The number of hydrogen-bond acceptors (Lipinski definition) is 2. The van der Waals surface area contributed by atoms with E-state index in [0.29, 0.717) is 0 Å². The maximum atomic E-state index is 12.1. The van der Waals surface area contributed by atoms with Crippen LogP contribution in [0, 0.1) is 6.92 Å². The zero-order valence-electron chi connectivity index (χ0n) is 11.7. The van der Waals surface area contributed by atoms with Gasteiger partial charge in [-0.1, -0.05) is 30.3 Å². The van der Waals surface area contributed by atoms with E-state index in [4.69, 9.17) is 0 Å². The van der Waals surface area contributed by atoms with Crippen LogP contribution in [0.2, 0.25) is 0 Å². The van der Waals surface area contributed by atoms with E-state index >= 15 is 0 Å². The van der Waals surface area contributed by atoms with E-state index in [2.05, 4.69) is 9.72 Å². The zero-order chi connectivity index (χ0) is 15.7. The summed E-state index contributed by atoms with van der Waals surface area (Å²) in [5, 5.41) is 0.994. The molecule has 0 bridgehead atoms. The fraction of sp³-hybridized carbons (Fsp3) is 0.118. The third-order valence-corrected chi connectivity index (χ3v) is 3.33. The highest BCUT2D eigenvalue weighted by Gasteiger charge is 2.30. The summed E-state index contributed by atoms with van der Waals surface area (Å²) in [5.74, 6) is -0.235. The number of para-hydroxylation sites is 1. The summed E-state index contributed by atoms with van der Waals surface area (Å²) in [4.78, 5) is 4.43. The highest BCUT2D eigenvalue weighted by molar-refractivity contribution is 5.85. The Hall–Kier alpha value is -2.56. The fourth-order valence-corrected chi connectivity index (χ4v) is 2.32. The predicted molar refractivity (Wildman–Crippen MR) is 78.6 cm³/mol. The summed E-state index contributed by atoms with van der Waals surface area (Å²) >= 11 is 0. The Morgan fingerprint density at radius 2 is 1.68 bits per heavy atom. The Bertz CT molecular complexity index is 810. The lowest BCUT2D eigenvalue weighted by atomic mass is 10.0. The van der Waals surface area contributed by atoms with Crippen molar-refractivity contribution < 1.29 is 17.9 Å². The van der Waals surface area contributed by atoms with Gasteiger partial charge < -0.3 is 4.74 Å². The van der Waals surface area contributed by atoms with Crippen LogP contribution in [0.25, 0.3) is 22.0 Å². The largest absolute Gasteiger partial charge is 0.573 e. The van der Waals surface area contributed by atoms with Gasteiger partial charge in [-0.25, -0.2) is 0 Å². The predicted octanol–water partition coefficient (Wildman–Crippen LogP) is 5.11. The Kier molecular flexibility index (Phi) is 3.48. The number of rotatable bonds is 2. The molecule has 22 heavy (non-hydrogen) atoms. The number of fused-ring (bicyclic) bond motifs is 1. The third kappa shape index (κ3) is 3.03. The first kappa shape index (κ1) is 14.4. The first-order valence-electron chi connectivity index (χ1n) is 6.64. The van der Waals surface area contributed by atoms with E-state index < -0.39 is 6.36 Å². The quantitative estimate of drug-likeness (QED) is 0.656. The molecule has 0 saturated carbocycles. The molecule has 0 unspecified atom stereocenters. The van der Waals surface area contributed by atoms with Gasteiger partial charge in [-0.15, -0.1) is 13.2 Å². The summed E-state index contributed by atoms with van der Waals surface area (Å²) < 4.78 is 40.3. The molecule has 3 aromatic rings. The second-order valence-corrected chi connectivity index (χ2v) is 4.94. The van der Waals surface area contributed by atoms with E-state index in [1.54, 1.807) is 18.3 Å². The maximum Gasteiger partial charge on any atom is 0.573 e. The van der Waals surface area contributed by atoms with Crippen molar-refractivity contribution in [3.8, 4) is 16.9 Å².